The smallest absolute Gasteiger partial charge is 0.255 e. The van der Waals surface area contributed by atoms with Gasteiger partial charge < -0.3 is 10.7 Å². The third kappa shape index (κ3) is 1.33. The molecule has 2 rings (SSSR count). The molecule has 1 aromatic carbocycles. The number of rotatable bonds is 0. The van der Waals surface area contributed by atoms with Crippen LogP contribution in [0, 0.1) is 0 Å². The van der Waals surface area contributed by atoms with Crippen molar-refractivity contribution in [2.24, 2.45) is 0 Å². The van der Waals surface area contributed by atoms with Gasteiger partial charge in [-0.3, -0.25) is 4.79 Å². The van der Waals surface area contributed by atoms with E-state index in [4.69, 9.17) is 5.73 Å². The number of halogens is 1. The minimum absolute atomic E-state index is 0.120. The topological polar surface area (TPSA) is 58.9 Å². The molecule has 66 valence electrons. The zero-order chi connectivity index (χ0) is 9.42. The van der Waals surface area contributed by atoms with Gasteiger partial charge in [-0.25, -0.2) is 0 Å². The Labute approximate surface area is 82.7 Å². The summed E-state index contributed by atoms with van der Waals surface area (Å²) in [6.07, 6.45) is 1.63. The fraction of sp³-hybridized carbons (Fsp3) is 0. The minimum Gasteiger partial charge on any atom is -0.399 e. The quantitative estimate of drug-likeness (QED) is 0.689. The number of benzene rings is 1. The number of nitrogen functional groups attached to an aromatic ring is 1. The zero-order valence-electron chi connectivity index (χ0n) is 6.67. The summed E-state index contributed by atoms with van der Waals surface area (Å²) in [5.74, 6) is 0. The number of anilines is 1. The normalized spacial score (nSPS) is 10.5. The summed E-state index contributed by atoms with van der Waals surface area (Å²) in [7, 11) is 0. The Morgan fingerprint density at radius 3 is 2.85 bits per heavy atom. The molecule has 0 spiro atoms. The summed E-state index contributed by atoms with van der Waals surface area (Å²) in [4.78, 5) is 14.0. The predicted molar refractivity (Wildman–Crippen MR) is 56.7 cm³/mol. The van der Waals surface area contributed by atoms with Gasteiger partial charge in [-0.05, 0) is 28.1 Å². The van der Waals surface area contributed by atoms with Crippen LogP contribution >= 0.6 is 15.9 Å². The highest BCUT2D eigenvalue weighted by Gasteiger charge is 2.01. The fourth-order valence-corrected chi connectivity index (χ4v) is 1.70. The molecule has 13 heavy (non-hydrogen) atoms. The average Bonchev–Trinajstić information content (AvgIpc) is 2.12. The number of fused-ring (bicyclic) bond motifs is 1. The van der Waals surface area contributed by atoms with Gasteiger partial charge >= 0.3 is 0 Å². The molecule has 4 heteroatoms. The Kier molecular flexibility index (Phi) is 1.84. The van der Waals surface area contributed by atoms with Gasteiger partial charge in [0.25, 0.3) is 5.56 Å². The lowest BCUT2D eigenvalue weighted by Gasteiger charge is -1.99. The molecule has 3 N–H and O–H groups in total. The van der Waals surface area contributed by atoms with Crippen LogP contribution in [0.5, 0.6) is 0 Å². The summed E-state index contributed by atoms with van der Waals surface area (Å²) < 4.78 is 0.863. The monoisotopic (exact) mass is 238 g/mol. The van der Waals surface area contributed by atoms with Crippen molar-refractivity contribution in [3.63, 3.8) is 0 Å². The number of hydrogen-bond acceptors (Lipinski definition) is 2. The minimum atomic E-state index is -0.120. The first-order valence-corrected chi connectivity index (χ1v) is 4.54. The van der Waals surface area contributed by atoms with Crippen molar-refractivity contribution in [1.82, 2.24) is 4.98 Å². The highest BCUT2D eigenvalue weighted by Crippen LogP contribution is 2.21. The van der Waals surface area contributed by atoms with E-state index in [0.29, 0.717) is 11.1 Å². The molecule has 0 saturated heterocycles. The number of H-pyrrole nitrogens is 1. The lowest BCUT2D eigenvalue weighted by molar-refractivity contribution is 1.26. The molecule has 2 aromatic rings. The van der Waals surface area contributed by atoms with Crippen LogP contribution in [0.25, 0.3) is 10.8 Å². The third-order valence-corrected chi connectivity index (χ3v) is 2.53. The highest BCUT2D eigenvalue weighted by molar-refractivity contribution is 9.10. The Morgan fingerprint density at radius 2 is 2.08 bits per heavy atom. The van der Waals surface area contributed by atoms with E-state index in [2.05, 4.69) is 20.9 Å². The number of aromatic nitrogens is 1. The molecule has 0 saturated carbocycles. The number of nitrogens with two attached hydrogens (primary N) is 1. The first-order chi connectivity index (χ1) is 6.18. The van der Waals surface area contributed by atoms with E-state index < -0.39 is 0 Å². The molecule has 0 aliphatic rings. The number of aromatic amines is 1. The van der Waals surface area contributed by atoms with E-state index in [1.807, 2.05) is 6.07 Å². The maximum Gasteiger partial charge on any atom is 0.255 e. The molecular formula is C9H7BrN2O. The van der Waals surface area contributed by atoms with Crippen LogP contribution in [0.3, 0.4) is 0 Å². The van der Waals surface area contributed by atoms with Crippen molar-refractivity contribution in [1.29, 1.82) is 0 Å². The van der Waals surface area contributed by atoms with Crippen molar-refractivity contribution in [2.45, 2.75) is 0 Å². The van der Waals surface area contributed by atoms with Crippen molar-refractivity contribution in [2.75, 3.05) is 5.73 Å². The van der Waals surface area contributed by atoms with Crippen LogP contribution in [0.1, 0.15) is 0 Å². The standard InChI is InChI=1S/C9H7BrN2O/c10-8-4-12-9(13)7-3-5(11)1-2-6(7)8/h1-4H,11H2,(H,12,13). The fourth-order valence-electron chi connectivity index (χ4n) is 1.24. The first kappa shape index (κ1) is 8.31. The SMILES string of the molecule is Nc1ccc2c(Br)c[nH]c(=O)c2c1. The van der Waals surface area contributed by atoms with E-state index in [-0.39, 0.29) is 5.56 Å². The molecule has 0 aliphatic carbocycles. The van der Waals surface area contributed by atoms with Crippen molar-refractivity contribution in [3.05, 3.63) is 39.2 Å². The second-order valence-corrected chi connectivity index (χ2v) is 3.63. The molecule has 0 unspecified atom stereocenters. The number of nitrogens with one attached hydrogen (secondary N) is 1. The molecule has 0 radical (unpaired) electrons. The van der Waals surface area contributed by atoms with Crippen LogP contribution in [-0.4, -0.2) is 4.98 Å². The summed E-state index contributed by atoms with van der Waals surface area (Å²) >= 11 is 3.34. The van der Waals surface area contributed by atoms with E-state index in [9.17, 15) is 4.79 Å². The van der Waals surface area contributed by atoms with Gasteiger partial charge in [0, 0.05) is 21.7 Å². The number of hydrogen-bond donors (Lipinski definition) is 2. The predicted octanol–water partition coefficient (Wildman–Crippen LogP) is 1.87. The molecule has 0 aliphatic heterocycles. The molecule has 0 fully saturated rings. The van der Waals surface area contributed by atoms with Gasteiger partial charge in [0.15, 0.2) is 0 Å². The third-order valence-electron chi connectivity index (χ3n) is 1.88. The molecule has 0 amide bonds. The molecule has 0 bridgehead atoms. The lowest BCUT2D eigenvalue weighted by Crippen LogP contribution is -2.05. The van der Waals surface area contributed by atoms with Gasteiger partial charge in [-0.1, -0.05) is 6.07 Å². The van der Waals surface area contributed by atoms with Crippen molar-refractivity contribution in [3.8, 4) is 0 Å². The second-order valence-electron chi connectivity index (χ2n) is 2.77. The summed E-state index contributed by atoms with van der Waals surface area (Å²) in [6.45, 7) is 0. The summed E-state index contributed by atoms with van der Waals surface area (Å²) in [6, 6.07) is 5.26. The zero-order valence-corrected chi connectivity index (χ0v) is 8.26. The average molecular weight is 239 g/mol. The maximum absolute atomic E-state index is 11.4. The van der Waals surface area contributed by atoms with Crippen LogP contribution in [0.4, 0.5) is 5.69 Å². The molecule has 1 heterocycles. The second kappa shape index (κ2) is 2.88. The Balaban J connectivity index is 3.01. The van der Waals surface area contributed by atoms with Gasteiger partial charge in [-0.2, -0.15) is 0 Å². The molecule has 1 aromatic heterocycles. The van der Waals surface area contributed by atoms with Crippen LogP contribution in [0.15, 0.2) is 33.7 Å². The van der Waals surface area contributed by atoms with E-state index in [1.165, 1.54) is 0 Å². The lowest BCUT2D eigenvalue weighted by atomic mass is 10.1. The highest BCUT2D eigenvalue weighted by atomic mass is 79.9. The summed E-state index contributed by atoms with van der Waals surface area (Å²) in [5.41, 5.74) is 6.05. The largest absolute Gasteiger partial charge is 0.399 e. The van der Waals surface area contributed by atoms with E-state index in [0.717, 1.165) is 9.86 Å². The molecule has 3 nitrogen and oxygen atoms in total. The number of pyridine rings is 1. The van der Waals surface area contributed by atoms with Crippen LogP contribution < -0.4 is 11.3 Å². The Bertz CT molecular complexity index is 518. The molecular weight excluding hydrogens is 232 g/mol. The van der Waals surface area contributed by atoms with E-state index >= 15 is 0 Å². The van der Waals surface area contributed by atoms with Crippen molar-refractivity contribution < 1.29 is 0 Å². The Morgan fingerprint density at radius 1 is 1.31 bits per heavy atom. The van der Waals surface area contributed by atoms with Crippen molar-refractivity contribution >= 4 is 32.4 Å². The van der Waals surface area contributed by atoms with Crippen LogP contribution in [0.2, 0.25) is 0 Å². The first-order valence-electron chi connectivity index (χ1n) is 3.75. The van der Waals surface area contributed by atoms with E-state index in [1.54, 1.807) is 18.3 Å². The van der Waals surface area contributed by atoms with Gasteiger partial charge in [0.05, 0.1) is 5.39 Å². The maximum atomic E-state index is 11.4. The van der Waals surface area contributed by atoms with Gasteiger partial charge in [0.2, 0.25) is 0 Å². The summed E-state index contributed by atoms with van der Waals surface area (Å²) in [5, 5.41) is 1.48. The van der Waals surface area contributed by atoms with Gasteiger partial charge in [-0.15, -0.1) is 0 Å². The molecule has 0 atom stereocenters. The van der Waals surface area contributed by atoms with Gasteiger partial charge in [0.1, 0.15) is 0 Å². The Hall–Kier alpha value is -1.29. The van der Waals surface area contributed by atoms with Crippen LogP contribution in [-0.2, 0) is 0 Å².